The summed E-state index contributed by atoms with van der Waals surface area (Å²) in [6.07, 6.45) is 1.82. The van der Waals surface area contributed by atoms with E-state index in [0.29, 0.717) is 36.1 Å². The van der Waals surface area contributed by atoms with Gasteiger partial charge in [-0.15, -0.1) is 11.3 Å². The summed E-state index contributed by atoms with van der Waals surface area (Å²) in [5, 5.41) is 6.57. The maximum absolute atomic E-state index is 12.8. The molecule has 8 heteroatoms. The van der Waals surface area contributed by atoms with Gasteiger partial charge in [-0.1, -0.05) is 5.16 Å². The number of hydrogen-bond donors (Lipinski definition) is 1. The Balaban J connectivity index is 1.87. The lowest BCUT2D eigenvalue weighted by Gasteiger charge is -1.91. The zero-order chi connectivity index (χ0) is 13.9. The first-order valence-corrected chi connectivity index (χ1v) is 6.74. The third-order valence-electron chi connectivity index (χ3n) is 2.51. The maximum Gasteiger partial charge on any atom is 0.277 e. The van der Waals surface area contributed by atoms with E-state index in [9.17, 15) is 4.39 Å². The van der Waals surface area contributed by atoms with Crippen LogP contribution in [0.1, 0.15) is 5.01 Å². The molecule has 20 heavy (non-hydrogen) atoms. The highest BCUT2D eigenvalue weighted by Crippen LogP contribution is 2.23. The van der Waals surface area contributed by atoms with Gasteiger partial charge in [-0.25, -0.2) is 14.4 Å². The second kappa shape index (κ2) is 5.43. The predicted molar refractivity (Wildman–Crippen MR) is 71.4 cm³/mol. The van der Waals surface area contributed by atoms with Crippen molar-refractivity contribution >= 4 is 11.3 Å². The molecule has 0 saturated carbocycles. The van der Waals surface area contributed by atoms with E-state index in [1.165, 1.54) is 23.5 Å². The number of rotatable bonds is 4. The summed E-state index contributed by atoms with van der Waals surface area (Å²) in [4.78, 5) is 12.5. The summed E-state index contributed by atoms with van der Waals surface area (Å²) in [7, 11) is 0. The van der Waals surface area contributed by atoms with Crippen LogP contribution in [0, 0.1) is 5.82 Å². The van der Waals surface area contributed by atoms with Gasteiger partial charge in [0.15, 0.2) is 0 Å². The molecular weight excluding hydrogens is 281 g/mol. The van der Waals surface area contributed by atoms with Crippen molar-refractivity contribution in [3.05, 3.63) is 34.5 Å². The largest absolute Gasteiger partial charge is 0.332 e. The molecule has 0 spiro atoms. The molecule has 0 bridgehead atoms. The summed E-state index contributed by atoms with van der Waals surface area (Å²) in [6.45, 7) is 0.543. The number of halogens is 1. The van der Waals surface area contributed by atoms with E-state index in [1.54, 1.807) is 0 Å². The maximum atomic E-state index is 12.8. The Morgan fingerprint density at radius 1 is 1.25 bits per heavy atom. The van der Waals surface area contributed by atoms with Gasteiger partial charge in [0.1, 0.15) is 17.2 Å². The van der Waals surface area contributed by atoms with Crippen LogP contribution in [0.15, 0.2) is 28.2 Å². The van der Waals surface area contributed by atoms with Gasteiger partial charge in [0, 0.05) is 11.8 Å². The topological polar surface area (TPSA) is 90.7 Å². The lowest BCUT2D eigenvalue weighted by atomic mass is 10.3. The van der Waals surface area contributed by atoms with E-state index in [0.717, 1.165) is 11.2 Å². The molecule has 6 nitrogen and oxygen atoms in total. The zero-order valence-corrected chi connectivity index (χ0v) is 11.1. The van der Waals surface area contributed by atoms with Gasteiger partial charge in [0.2, 0.25) is 5.82 Å². The Morgan fingerprint density at radius 2 is 2.15 bits per heavy atom. The van der Waals surface area contributed by atoms with Crippen molar-refractivity contribution in [2.45, 2.75) is 6.42 Å². The molecule has 0 unspecified atom stereocenters. The molecule has 0 amide bonds. The van der Waals surface area contributed by atoms with Crippen LogP contribution in [0.2, 0.25) is 0 Å². The zero-order valence-electron chi connectivity index (χ0n) is 10.3. The minimum Gasteiger partial charge on any atom is -0.332 e. The highest BCUT2D eigenvalue weighted by molar-refractivity contribution is 7.09. The van der Waals surface area contributed by atoms with Gasteiger partial charge >= 0.3 is 0 Å². The minimum atomic E-state index is -0.414. The van der Waals surface area contributed by atoms with Crippen LogP contribution in [0.4, 0.5) is 4.39 Å². The van der Waals surface area contributed by atoms with Crippen LogP contribution in [-0.4, -0.2) is 26.7 Å². The molecule has 0 radical (unpaired) electrons. The molecule has 0 aliphatic carbocycles. The molecule has 3 rings (SSSR count). The Labute approximate surface area is 117 Å². The van der Waals surface area contributed by atoms with Gasteiger partial charge in [-0.05, 0) is 18.7 Å². The highest BCUT2D eigenvalue weighted by Gasteiger charge is 2.14. The number of nitrogens with two attached hydrogens (primary N) is 1. The summed E-state index contributed by atoms with van der Waals surface area (Å²) in [6, 6.07) is 2.78. The molecule has 3 aromatic heterocycles. The van der Waals surface area contributed by atoms with E-state index in [1.807, 2.05) is 5.38 Å². The van der Waals surface area contributed by atoms with Crippen molar-refractivity contribution < 1.29 is 8.91 Å². The van der Waals surface area contributed by atoms with E-state index in [2.05, 4.69) is 20.1 Å². The molecule has 2 N–H and O–H groups in total. The van der Waals surface area contributed by atoms with Crippen molar-refractivity contribution in [2.75, 3.05) is 6.54 Å². The van der Waals surface area contributed by atoms with Crippen LogP contribution in [0.5, 0.6) is 0 Å². The Kier molecular flexibility index (Phi) is 3.48. The third-order valence-corrected chi connectivity index (χ3v) is 3.42. The third kappa shape index (κ3) is 2.56. The number of aromatic nitrogens is 4. The summed E-state index contributed by atoms with van der Waals surface area (Å²) in [5.41, 5.74) is 6.53. The lowest BCUT2D eigenvalue weighted by Crippen LogP contribution is -2.01. The Morgan fingerprint density at radius 3 is 2.90 bits per heavy atom. The number of nitrogens with zero attached hydrogens (tertiary/aromatic N) is 4. The standard InChI is InChI=1S/C12H10FN5OS/c13-7-1-2-8(15-5-7)11-17-12(19-18-11)9-6-20-10(16-9)3-4-14/h1-2,5-6H,3-4,14H2. The smallest absolute Gasteiger partial charge is 0.277 e. The van der Waals surface area contributed by atoms with Crippen molar-refractivity contribution in [1.29, 1.82) is 0 Å². The molecule has 0 saturated heterocycles. The minimum absolute atomic E-state index is 0.299. The first-order chi connectivity index (χ1) is 9.76. The Hall–Kier alpha value is -2.19. The molecule has 3 aromatic rings. The molecule has 0 aromatic carbocycles. The van der Waals surface area contributed by atoms with Gasteiger partial charge < -0.3 is 10.3 Å². The predicted octanol–water partition coefficient (Wildman–Crippen LogP) is 1.90. The lowest BCUT2D eigenvalue weighted by molar-refractivity contribution is 0.431. The number of pyridine rings is 1. The van der Waals surface area contributed by atoms with Crippen LogP contribution < -0.4 is 5.73 Å². The second-order valence-electron chi connectivity index (χ2n) is 3.95. The fourth-order valence-electron chi connectivity index (χ4n) is 1.59. The SMILES string of the molecule is NCCc1nc(-c2nc(-c3ccc(F)cn3)no2)cs1. The summed E-state index contributed by atoms with van der Waals surface area (Å²) < 4.78 is 17.9. The molecule has 0 aliphatic heterocycles. The fraction of sp³-hybridized carbons (Fsp3) is 0.167. The first-order valence-electron chi connectivity index (χ1n) is 5.87. The molecule has 102 valence electrons. The van der Waals surface area contributed by atoms with Crippen LogP contribution >= 0.6 is 11.3 Å². The molecule has 0 aliphatic rings. The van der Waals surface area contributed by atoms with Crippen molar-refractivity contribution in [1.82, 2.24) is 20.1 Å². The van der Waals surface area contributed by atoms with Crippen LogP contribution in [-0.2, 0) is 6.42 Å². The normalized spacial score (nSPS) is 10.9. The second-order valence-corrected chi connectivity index (χ2v) is 4.89. The quantitative estimate of drug-likeness (QED) is 0.789. The fourth-order valence-corrected chi connectivity index (χ4v) is 2.38. The van der Waals surface area contributed by atoms with E-state index in [4.69, 9.17) is 10.3 Å². The van der Waals surface area contributed by atoms with Crippen molar-refractivity contribution in [2.24, 2.45) is 5.73 Å². The average Bonchev–Trinajstić information content (AvgIpc) is 3.08. The van der Waals surface area contributed by atoms with Gasteiger partial charge in [-0.3, -0.25) is 0 Å². The van der Waals surface area contributed by atoms with Gasteiger partial charge in [-0.2, -0.15) is 4.98 Å². The molecular formula is C12H10FN5OS. The summed E-state index contributed by atoms with van der Waals surface area (Å²) >= 11 is 1.49. The van der Waals surface area contributed by atoms with Gasteiger partial charge in [0.25, 0.3) is 5.89 Å². The monoisotopic (exact) mass is 291 g/mol. The number of thiazole rings is 1. The van der Waals surface area contributed by atoms with Crippen molar-refractivity contribution in [3.63, 3.8) is 0 Å². The van der Waals surface area contributed by atoms with E-state index in [-0.39, 0.29) is 0 Å². The Bertz CT molecular complexity index is 709. The van der Waals surface area contributed by atoms with Crippen LogP contribution in [0.25, 0.3) is 23.1 Å². The molecule has 0 atom stereocenters. The average molecular weight is 291 g/mol. The van der Waals surface area contributed by atoms with Gasteiger partial charge in [0.05, 0.1) is 11.2 Å². The summed E-state index contributed by atoms with van der Waals surface area (Å²) in [5.74, 6) is 0.197. The first kappa shape index (κ1) is 12.8. The molecule has 3 heterocycles. The number of hydrogen-bond acceptors (Lipinski definition) is 7. The molecule has 0 fully saturated rings. The van der Waals surface area contributed by atoms with E-state index < -0.39 is 5.82 Å². The van der Waals surface area contributed by atoms with Crippen molar-refractivity contribution in [3.8, 4) is 23.1 Å². The van der Waals surface area contributed by atoms with Crippen LogP contribution in [0.3, 0.4) is 0 Å². The highest BCUT2D eigenvalue weighted by atomic mass is 32.1. The van der Waals surface area contributed by atoms with E-state index >= 15 is 0 Å².